The summed E-state index contributed by atoms with van der Waals surface area (Å²) < 4.78 is 5.03. The van der Waals surface area contributed by atoms with E-state index in [1.165, 1.54) is 48.5 Å². The Morgan fingerprint density at radius 2 is 1.31 bits per heavy atom. The van der Waals surface area contributed by atoms with Gasteiger partial charge in [-0.05, 0) is 35.6 Å². The number of carboxylic acid groups (broad SMARTS) is 1. The predicted molar refractivity (Wildman–Crippen MR) is 215 cm³/mol. The number of rotatable bonds is 27. The molecule has 21 nitrogen and oxygen atoms in total. The first-order chi connectivity index (χ1) is 28.7. The summed E-state index contributed by atoms with van der Waals surface area (Å²) in [4.78, 5) is 102. The Morgan fingerprint density at radius 1 is 0.705 bits per heavy atom. The molecule has 0 heterocycles. The molecule has 2 aromatic carbocycles. The molecule has 61 heavy (non-hydrogen) atoms. The maximum atomic E-state index is 13.7. The number of nitrogens with one attached hydrogen (secondary N) is 4. The summed E-state index contributed by atoms with van der Waals surface area (Å²) >= 11 is 0. The minimum absolute atomic E-state index is 0.00982. The third-order valence-corrected chi connectivity index (χ3v) is 9.23. The number of unbranched alkanes of at least 4 members (excludes halogenated alkanes) is 2. The van der Waals surface area contributed by atoms with Gasteiger partial charge in [0, 0.05) is 18.9 Å². The third kappa shape index (κ3) is 18.3. The second-order valence-corrected chi connectivity index (χ2v) is 14.9. The lowest BCUT2D eigenvalue weighted by Crippen LogP contribution is -2.62. The molecule has 21 heteroatoms. The zero-order chi connectivity index (χ0) is 45.8. The lowest BCUT2D eigenvalue weighted by molar-refractivity contribution is -0.157. The first kappa shape index (κ1) is 51.0. The first-order valence-corrected chi connectivity index (χ1v) is 19.5. The molecule has 8 unspecified atom stereocenters. The molecule has 0 radical (unpaired) electrons. The van der Waals surface area contributed by atoms with Crippen molar-refractivity contribution in [2.24, 2.45) is 23.1 Å². The molecule has 0 saturated heterocycles. The molecule has 0 aliphatic rings. The third-order valence-electron chi connectivity index (χ3n) is 9.23. The van der Waals surface area contributed by atoms with Crippen LogP contribution in [0.5, 0.6) is 5.75 Å². The van der Waals surface area contributed by atoms with Gasteiger partial charge >= 0.3 is 11.9 Å². The van der Waals surface area contributed by atoms with Crippen LogP contribution in [0.1, 0.15) is 76.0 Å². The molecule has 0 spiro atoms. The van der Waals surface area contributed by atoms with Gasteiger partial charge in [-0.1, -0.05) is 82.0 Å². The van der Waals surface area contributed by atoms with Crippen LogP contribution in [0, 0.1) is 5.92 Å². The Hall–Kier alpha value is -6.16. The van der Waals surface area contributed by atoms with Gasteiger partial charge in [0.25, 0.3) is 5.91 Å². The highest BCUT2D eigenvalue weighted by Crippen LogP contribution is 2.19. The van der Waals surface area contributed by atoms with Gasteiger partial charge in [0.1, 0.15) is 36.6 Å². The van der Waals surface area contributed by atoms with E-state index in [1.54, 1.807) is 6.07 Å². The summed E-state index contributed by atoms with van der Waals surface area (Å²) in [6, 6.07) is 4.18. The van der Waals surface area contributed by atoms with Crippen molar-refractivity contribution < 1.29 is 68.6 Å². The van der Waals surface area contributed by atoms with Crippen LogP contribution in [0.25, 0.3) is 0 Å². The van der Waals surface area contributed by atoms with Crippen LogP contribution < -0.4 is 38.5 Å². The van der Waals surface area contributed by atoms with Crippen molar-refractivity contribution in [2.45, 2.75) is 114 Å². The fourth-order valence-electron chi connectivity index (χ4n) is 5.86. The maximum absolute atomic E-state index is 13.7. The number of esters is 1. The summed E-state index contributed by atoms with van der Waals surface area (Å²) in [5, 5.41) is 59.8. The highest BCUT2D eigenvalue weighted by atomic mass is 16.5. The number of aromatic hydroxyl groups is 1. The monoisotopic (exact) mass is 859 g/mol. The van der Waals surface area contributed by atoms with E-state index in [9.17, 15) is 63.9 Å². The topological polar surface area (TPSA) is 373 Å². The normalized spacial score (nSPS) is 15.1. The SMILES string of the molecule is CC(C)CCCCCC(N)CC(=O)NC(CC(N)=O)C(=O)NC(C(=O)NC(C(=O)OCC(O)C(=O)NC(Cc1ccc(O)cc1)C(=O)O)C(O)c1ccccc1)C(O)C(N)=O. The number of benzene rings is 2. The highest BCUT2D eigenvalue weighted by Gasteiger charge is 2.39. The van der Waals surface area contributed by atoms with Crippen molar-refractivity contribution in [3.8, 4) is 5.75 Å². The van der Waals surface area contributed by atoms with Gasteiger partial charge in [-0.2, -0.15) is 0 Å². The summed E-state index contributed by atoms with van der Waals surface area (Å²) in [6.07, 6.45) is -3.80. The standard InChI is InChI=1S/C40H57N7O14/c1-21(2)9-5-3-8-12-24(41)18-30(51)44-26(19-29(42)50)36(55)46-31(34(53)35(43)54)38(57)47-32(33(52)23-10-6-4-7-11-23)40(60)61-20-28(49)37(56)45-27(39(58)59)17-22-13-15-25(48)16-14-22/h4,6-7,10-11,13-16,21,24,26-28,31-34,48-49,52-53H,3,5,8-9,12,17-20,41H2,1-2H3,(H2,42,50)(H2,43,54)(H,44,51)(H,45,56)(H,46,55)(H,47,57)(H,58,59). The number of aliphatic hydroxyl groups excluding tert-OH is 3. The first-order valence-electron chi connectivity index (χ1n) is 19.5. The Bertz CT molecular complexity index is 1800. The molecule has 2 rings (SSSR count). The van der Waals surface area contributed by atoms with Crippen LogP contribution >= 0.6 is 0 Å². The maximum Gasteiger partial charge on any atom is 0.331 e. The number of primary amides is 2. The van der Waals surface area contributed by atoms with Crippen LogP contribution in [0.3, 0.4) is 0 Å². The Kier molecular flexibility index (Phi) is 21.3. The molecule has 8 atom stereocenters. The molecule has 336 valence electrons. The smallest absolute Gasteiger partial charge is 0.331 e. The molecule has 15 N–H and O–H groups in total. The average molecular weight is 860 g/mol. The van der Waals surface area contributed by atoms with Crippen molar-refractivity contribution in [3.05, 3.63) is 65.7 Å². The fourth-order valence-corrected chi connectivity index (χ4v) is 5.86. The number of hydrogen-bond acceptors (Lipinski definition) is 14. The zero-order valence-corrected chi connectivity index (χ0v) is 33.9. The number of carbonyl (C=O) groups is 8. The van der Waals surface area contributed by atoms with Gasteiger partial charge in [-0.15, -0.1) is 0 Å². The molecule has 0 bridgehead atoms. The van der Waals surface area contributed by atoms with E-state index < -0.39 is 109 Å². The number of phenolic OH excluding ortho intramolecular Hbond substituents is 1. The van der Waals surface area contributed by atoms with Gasteiger partial charge < -0.3 is 68.7 Å². The molecule has 0 saturated carbocycles. The van der Waals surface area contributed by atoms with Crippen LogP contribution in [-0.2, 0) is 49.5 Å². The quantitative estimate of drug-likeness (QED) is 0.0330. The van der Waals surface area contributed by atoms with Crippen LogP contribution in [0.4, 0.5) is 0 Å². The summed E-state index contributed by atoms with van der Waals surface area (Å²) in [5.74, 6) is -9.98. The molecule has 2 aromatic rings. The molecule has 6 amide bonds. The van der Waals surface area contributed by atoms with E-state index in [1.807, 2.05) is 10.6 Å². The number of amides is 6. The predicted octanol–water partition coefficient (Wildman–Crippen LogP) is -2.36. The van der Waals surface area contributed by atoms with Crippen LogP contribution in [-0.4, -0.2) is 122 Å². The highest BCUT2D eigenvalue weighted by molar-refractivity contribution is 5.98. The number of nitrogens with two attached hydrogens (primary N) is 3. The molecule has 0 aliphatic carbocycles. The van der Waals surface area contributed by atoms with Crippen LogP contribution in [0.15, 0.2) is 54.6 Å². The van der Waals surface area contributed by atoms with Crippen molar-refractivity contribution in [3.63, 3.8) is 0 Å². The number of phenols is 1. The molecule has 0 aromatic heterocycles. The second-order valence-electron chi connectivity index (χ2n) is 14.9. The molecule has 0 fully saturated rings. The minimum atomic E-state index is -2.50. The number of hydrogen-bond donors (Lipinski definition) is 12. The number of ether oxygens (including phenoxy) is 1. The van der Waals surface area contributed by atoms with Gasteiger partial charge in [0.05, 0.1) is 6.42 Å². The summed E-state index contributed by atoms with van der Waals surface area (Å²) in [7, 11) is 0. The van der Waals surface area contributed by atoms with Gasteiger partial charge in [-0.25, -0.2) is 9.59 Å². The Labute approximate surface area is 351 Å². The van der Waals surface area contributed by atoms with E-state index in [-0.39, 0.29) is 24.2 Å². The lowest BCUT2D eigenvalue weighted by Gasteiger charge is -2.28. The molecular formula is C40H57N7O14. The van der Waals surface area contributed by atoms with E-state index in [2.05, 4.69) is 24.5 Å². The van der Waals surface area contributed by atoms with Gasteiger partial charge in [-0.3, -0.25) is 28.8 Å². The number of carboxylic acids is 1. The zero-order valence-electron chi connectivity index (χ0n) is 33.9. The van der Waals surface area contributed by atoms with Crippen LogP contribution in [0.2, 0.25) is 0 Å². The van der Waals surface area contributed by atoms with E-state index in [0.717, 1.165) is 25.7 Å². The Balaban J connectivity index is 2.24. The van der Waals surface area contributed by atoms with E-state index in [0.29, 0.717) is 17.9 Å². The van der Waals surface area contributed by atoms with Gasteiger partial charge in [0.2, 0.25) is 29.5 Å². The lowest BCUT2D eigenvalue weighted by atomic mass is 10.0. The molecule has 0 aliphatic heterocycles. The molecular weight excluding hydrogens is 802 g/mol. The van der Waals surface area contributed by atoms with E-state index >= 15 is 0 Å². The summed E-state index contributed by atoms with van der Waals surface area (Å²) in [6.45, 7) is 3.08. The number of aliphatic carboxylic acids is 1. The second kappa shape index (κ2) is 25.5. The van der Waals surface area contributed by atoms with E-state index in [4.69, 9.17) is 21.9 Å². The largest absolute Gasteiger partial charge is 0.508 e. The fraction of sp³-hybridized carbons (Fsp3) is 0.500. The van der Waals surface area contributed by atoms with Crippen molar-refractivity contribution >= 4 is 47.4 Å². The number of aliphatic hydroxyl groups is 3. The van der Waals surface area contributed by atoms with Crippen molar-refractivity contribution in [1.29, 1.82) is 0 Å². The van der Waals surface area contributed by atoms with Crippen molar-refractivity contribution in [2.75, 3.05) is 6.61 Å². The number of carbonyl (C=O) groups excluding carboxylic acids is 7. The van der Waals surface area contributed by atoms with Crippen molar-refractivity contribution in [1.82, 2.24) is 21.3 Å². The average Bonchev–Trinajstić information content (AvgIpc) is 3.20. The summed E-state index contributed by atoms with van der Waals surface area (Å²) in [5.41, 5.74) is 17.1. The van der Waals surface area contributed by atoms with Gasteiger partial charge in [0.15, 0.2) is 18.2 Å². The Morgan fingerprint density at radius 3 is 1.89 bits per heavy atom. The minimum Gasteiger partial charge on any atom is -0.508 e.